The van der Waals surface area contributed by atoms with E-state index < -0.39 is 0 Å². The SMILES string of the molecule is C=COCCOCCOCCOC(C)OC=Cc1ccccc1. The lowest BCUT2D eigenvalue weighted by molar-refractivity contribution is -0.107. The molecule has 5 nitrogen and oxygen atoms in total. The second-order valence-electron chi connectivity index (χ2n) is 4.55. The predicted octanol–water partition coefficient (Wildman–Crippen LogP) is 3.23. The number of benzene rings is 1. The smallest absolute Gasteiger partial charge is 0.196 e. The molecule has 0 aliphatic heterocycles. The molecule has 1 rings (SSSR count). The molecule has 1 unspecified atom stereocenters. The van der Waals surface area contributed by atoms with Crippen LogP contribution < -0.4 is 0 Å². The lowest BCUT2D eigenvalue weighted by atomic mass is 10.2. The van der Waals surface area contributed by atoms with Crippen LogP contribution >= 0.6 is 0 Å². The third kappa shape index (κ3) is 11.4. The van der Waals surface area contributed by atoms with Gasteiger partial charge in [0.2, 0.25) is 0 Å². The van der Waals surface area contributed by atoms with E-state index in [2.05, 4.69) is 6.58 Å². The van der Waals surface area contributed by atoms with Crippen molar-refractivity contribution in [2.45, 2.75) is 13.2 Å². The number of hydrogen-bond donors (Lipinski definition) is 0. The average molecular weight is 322 g/mol. The fourth-order valence-corrected chi connectivity index (χ4v) is 1.62. The lowest BCUT2D eigenvalue weighted by Crippen LogP contribution is -2.15. The zero-order valence-corrected chi connectivity index (χ0v) is 13.7. The molecule has 0 saturated heterocycles. The molecular formula is C18H26O5. The van der Waals surface area contributed by atoms with Gasteiger partial charge < -0.3 is 23.7 Å². The van der Waals surface area contributed by atoms with Gasteiger partial charge in [0.1, 0.15) is 6.61 Å². The standard InChI is InChI=1S/C18H26O5/c1-3-19-11-12-20-13-14-21-15-16-23-17(2)22-10-9-18-7-5-4-6-8-18/h3-10,17H,1,11-16H2,2H3. The van der Waals surface area contributed by atoms with Crippen LogP contribution in [0.2, 0.25) is 0 Å². The van der Waals surface area contributed by atoms with E-state index in [1.54, 1.807) is 6.26 Å². The van der Waals surface area contributed by atoms with Gasteiger partial charge in [-0.15, -0.1) is 0 Å². The van der Waals surface area contributed by atoms with E-state index in [9.17, 15) is 0 Å². The molecule has 1 aromatic carbocycles. The van der Waals surface area contributed by atoms with Crippen LogP contribution in [0, 0.1) is 0 Å². The Morgan fingerprint density at radius 1 is 0.957 bits per heavy atom. The van der Waals surface area contributed by atoms with E-state index in [1.807, 2.05) is 43.3 Å². The van der Waals surface area contributed by atoms with Crippen molar-refractivity contribution in [3.8, 4) is 0 Å². The fraction of sp³-hybridized carbons (Fsp3) is 0.444. The molecule has 0 heterocycles. The zero-order valence-electron chi connectivity index (χ0n) is 13.7. The Morgan fingerprint density at radius 3 is 2.30 bits per heavy atom. The highest BCUT2D eigenvalue weighted by Crippen LogP contribution is 2.02. The summed E-state index contributed by atoms with van der Waals surface area (Å²) < 4.78 is 26.5. The second-order valence-corrected chi connectivity index (χ2v) is 4.55. The first-order valence-corrected chi connectivity index (χ1v) is 7.69. The summed E-state index contributed by atoms with van der Waals surface area (Å²) >= 11 is 0. The Kier molecular flexibility index (Phi) is 11.5. The van der Waals surface area contributed by atoms with Crippen molar-refractivity contribution < 1.29 is 23.7 Å². The minimum atomic E-state index is -0.314. The monoisotopic (exact) mass is 322 g/mol. The maximum absolute atomic E-state index is 5.47. The summed E-state index contributed by atoms with van der Waals surface area (Å²) in [4.78, 5) is 0. The van der Waals surface area contributed by atoms with E-state index in [1.165, 1.54) is 6.26 Å². The Bertz CT molecular complexity index is 419. The number of ether oxygens (including phenoxy) is 5. The normalized spacial score (nSPS) is 12.2. The van der Waals surface area contributed by atoms with Crippen LogP contribution in [0.15, 0.2) is 49.4 Å². The molecule has 0 amide bonds. The topological polar surface area (TPSA) is 46.2 Å². The summed E-state index contributed by atoms with van der Waals surface area (Å²) in [6, 6.07) is 9.94. The predicted molar refractivity (Wildman–Crippen MR) is 89.8 cm³/mol. The Morgan fingerprint density at radius 2 is 1.61 bits per heavy atom. The maximum atomic E-state index is 5.47. The van der Waals surface area contributed by atoms with Gasteiger partial charge in [-0.25, -0.2) is 0 Å². The van der Waals surface area contributed by atoms with Crippen molar-refractivity contribution >= 4 is 6.08 Å². The third-order valence-electron chi connectivity index (χ3n) is 2.75. The number of hydrogen-bond acceptors (Lipinski definition) is 5. The zero-order chi connectivity index (χ0) is 16.6. The molecule has 0 aliphatic carbocycles. The molecule has 0 spiro atoms. The van der Waals surface area contributed by atoms with E-state index in [-0.39, 0.29) is 6.29 Å². The largest absolute Gasteiger partial charge is 0.499 e. The first kappa shape index (κ1) is 19.2. The van der Waals surface area contributed by atoms with Crippen LogP contribution in [0.25, 0.3) is 6.08 Å². The highest BCUT2D eigenvalue weighted by atomic mass is 16.7. The summed E-state index contributed by atoms with van der Waals surface area (Å²) in [5.41, 5.74) is 1.08. The Labute approximate surface area is 138 Å². The van der Waals surface area contributed by atoms with Crippen LogP contribution in [0.5, 0.6) is 0 Å². The lowest BCUT2D eigenvalue weighted by Gasteiger charge is -2.12. The van der Waals surface area contributed by atoms with Crippen molar-refractivity contribution in [2.24, 2.45) is 0 Å². The molecule has 1 atom stereocenters. The first-order chi connectivity index (χ1) is 11.3. The molecule has 0 radical (unpaired) electrons. The molecular weight excluding hydrogens is 296 g/mol. The summed E-state index contributed by atoms with van der Waals surface area (Å²) in [6.45, 7) is 8.37. The fourth-order valence-electron chi connectivity index (χ4n) is 1.62. The van der Waals surface area contributed by atoms with E-state index in [0.717, 1.165) is 5.56 Å². The van der Waals surface area contributed by atoms with E-state index in [0.29, 0.717) is 39.6 Å². The van der Waals surface area contributed by atoms with Crippen molar-refractivity contribution in [1.29, 1.82) is 0 Å². The molecule has 5 heteroatoms. The van der Waals surface area contributed by atoms with Gasteiger partial charge in [0.05, 0.1) is 45.6 Å². The highest BCUT2D eigenvalue weighted by molar-refractivity contribution is 5.47. The Hall–Kier alpha value is -1.82. The van der Waals surface area contributed by atoms with E-state index in [4.69, 9.17) is 23.7 Å². The van der Waals surface area contributed by atoms with Gasteiger partial charge in [-0.1, -0.05) is 36.9 Å². The van der Waals surface area contributed by atoms with Gasteiger partial charge in [-0.2, -0.15) is 0 Å². The van der Waals surface area contributed by atoms with Gasteiger partial charge >= 0.3 is 0 Å². The van der Waals surface area contributed by atoms with Gasteiger partial charge in [-0.3, -0.25) is 0 Å². The first-order valence-electron chi connectivity index (χ1n) is 7.69. The summed E-state index contributed by atoms with van der Waals surface area (Å²) in [6.07, 6.45) is 4.62. The molecule has 0 saturated carbocycles. The molecule has 0 fully saturated rings. The van der Waals surface area contributed by atoms with Crippen LogP contribution in [-0.4, -0.2) is 45.9 Å². The van der Waals surface area contributed by atoms with Crippen molar-refractivity contribution in [3.05, 3.63) is 55.0 Å². The molecule has 0 N–H and O–H groups in total. The molecule has 0 aliphatic rings. The van der Waals surface area contributed by atoms with Gasteiger partial charge in [-0.05, 0) is 18.6 Å². The summed E-state index contributed by atoms with van der Waals surface area (Å²) in [7, 11) is 0. The Balaban J connectivity index is 1.91. The van der Waals surface area contributed by atoms with Crippen LogP contribution in [0.4, 0.5) is 0 Å². The molecule has 0 aromatic heterocycles. The third-order valence-corrected chi connectivity index (χ3v) is 2.75. The van der Waals surface area contributed by atoms with Crippen molar-refractivity contribution in [1.82, 2.24) is 0 Å². The quantitative estimate of drug-likeness (QED) is 0.299. The molecule has 128 valence electrons. The minimum Gasteiger partial charge on any atom is -0.499 e. The number of rotatable bonds is 14. The van der Waals surface area contributed by atoms with Crippen LogP contribution in [0.1, 0.15) is 12.5 Å². The molecule has 1 aromatic rings. The average Bonchev–Trinajstić information content (AvgIpc) is 2.57. The van der Waals surface area contributed by atoms with Crippen LogP contribution in [0.3, 0.4) is 0 Å². The van der Waals surface area contributed by atoms with Crippen molar-refractivity contribution in [2.75, 3.05) is 39.6 Å². The summed E-state index contributed by atoms with van der Waals surface area (Å²) in [5, 5.41) is 0. The van der Waals surface area contributed by atoms with Crippen LogP contribution in [-0.2, 0) is 23.7 Å². The molecule has 0 bridgehead atoms. The van der Waals surface area contributed by atoms with Gasteiger partial charge in [0.25, 0.3) is 0 Å². The maximum Gasteiger partial charge on any atom is 0.196 e. The van der Waals surface area contributed by atoms with E-state index >= 15 is 0 Å². The van der Waals surface area contributed by atoms with Gasteiger partial charge in [0.15, 0.2) is 6.29 Å². The molecule has 23 heavy (non-hydrogen) atoms. The minimum absolute atomic E-state index is 0.314. The highest BCUT2D eigenvalue weighted by Gasteiger charge is 1.99. The van der Waals surface area contributed by atoms with Crippen molar-refractivity contribution in [3.63, 3.8) is 0 Å². The van der Waals surface area contributed by atoms with Gasteiger partial charge in [0, 0.05) is 0 Å². The second kappa shape index (κ2) is 13.8. The summed E-state index contributed by atoms with van der Waals surface area (Å²) in [5.74, 6) is 0.